The quantitative estimate of drug-likeness (QED) is 0.252. The molecule has 0 aliphatic heterocycles. The molecule has 0 bridgehead atoms. The molecule has 0 fully saturated rings. The van der Waals surface area contributed by atoms with Crippen molar-refractivity contribution in [3.05, 3.63) is 63.2 Å². The molecular formula is C21H19Br2N7O3. The minimum Gasteiger partial charge on any atom is -0.467 e. The van der Waals surface area contributed by atoms with Gasteiger partial charge in [0.05, 0.1) is 24.2 Å². The minimum absolute atomic E-state index is 0.0434. The van der Waals surface area contributed by atoms with Gasteiger partial charge in [0.1, 0.15) is 6.04 Å². The number of carbonyl (C=O) groups excluding carboxylic acids is 2. The van der Waals surface area contributed by atoms with E-state index in [1.165, 1.54) is 14.0 Å². The van der Waals surface area contributed by atoms with E-state index in [0.717, 1.165) is 8.95 Å². The number of azo groups is 2. The van der Waals surface area contributed by atoms with Gasteiger partial charge >= 0.3 is 5.97 Å². The molecule has 170 valence electrons. The Balaban J connectivity index is 1.91. The largest absolute Gasteiger partial charge is 0.467 e. The average Bonchev–Trinajstić information content (AvgIpc) is 3.18. The molecule has 3 rings (SSSR count). The van der Waals surface area contributed by atoms with Crippen molar-refractivity contribution in [2.75, 3.05) is 7.11 Å². The third-order valence-corrected chi connectivity index (χ3v) is 5.25. The van der Waals surface area contributed by atoms with Crippen molar-refractivity contribution in [2.45, 2.75) is 19.4 Å². The van der Waals surface area contributed by atoms with Crippen molar-refractivity contribution in [1.29, 1.82) is 0 Å². The molecule has 1 aromatic heterocycles. The van der Waals surface area contributed by atoms with Crippen LogP contribution in [0.25, 0.3) is 0 Å². The van der Waals surface area contributed by atoms with Crippen LogP contribution >= 0.6 is 31.9 Å². The fourth-order valence-electron chi connectivity index (χ4n) is 2.67. The lowest BCUT2D eigenvalue weighted by Gasteiger charge is -2.14. The summed E-state index contributed by atoms with van der Waals surface area (Å²) in [5, 5.41) is 19.2. The lowest BCUT2D eigenvalue weighted by molar-refractivity contribution is -0.144. The molecule has 2 N–H and O–H groups in total. The Bertz CT molecular complexity index is 1180. The lowest BCUT2D eigenvalue weighted by atomic mass is 10.1. The van der Waals surface area contributed by atoms with Gasteiger partial charge in [0, 0.05) is 22.3 Å². The number of H-pyrrole nitrogens is 1. The van der Waals surface area contributed by atoms with E-state index < -0.39 is 12.0 Å². The van der Waals surface area contributed by atoms with Crippen LogP contribution in [0.15, 0.2) is 77.9 Å². The third kappa shape index (κ3) is 7.39. The van der Waals surface area contributed by atoms with Crippen LogP contribution in [0.4, 0.5) is 23.1 Å². The standard InChI is InChI=1S/C21H19Br2N7O3/c1-12(31)24-18(20(32)33-2)11-17-19(29-27-15-7-3-13(22)4-8-15)26-21(25-17)30-28-16-9-5-14(23)6-10-16/h3-10,18H,11H2,1-2H3,(H,24,31)(H,25,26)/t18-/m0/s1. The van der Waals surface area contributed by atoms with Gasteiger partial charge in [-0.15, -0.1) is 20.5 Å². The number of amides is 1. The summed E-state index contributed by atoms with van der Waals surface area (Å²) in [6, 6.07) is 13.5. The van der Waals surface area contributed by atoms with Gasteiger partial charge in [-0.25, -0.2) is 4.79 Å². The van der Waals surface area contributed by atoms with Crippen LogP contribution in [0.5, 0.6) is 0 Å². The number of carbonyl (C=O) groups is 2. The second kappa shape index (κ2) is 11.6. The topological polar surface area (TPSA) is 134 Å². The van der Waals surface area contributed by atoms with Crippen molar-refractivity contribution in [3.8, 4) is 0 Å². The predicted molar refractivity (Wildman–Crippen MR) is 129 cm³/mol. The summed E-state index contributed by atoms with van der Waals surface area (Å²) in [4.78, 5) is 31.0. The highest BCUT2D eigenvalue weighted by atomic mass is 79.9. The van der Waals surface area contributed by atoms with E-state index in [0.29, 0.717) is 17.1 Å². The number of halogens is 2. The Labute approximate surface area is 206 Å². The number of nitrogens with one attached hydrogen (secondary N) is 2. The summed E-state index contributed by atoms with van der Waals surface area (Å²) >= 11 is 6.74. The summed E-state index contributed by atoms with van der Waals surface area (Å²) in [5.41, 5.74) is 1.67. The van der Waals surface area contributed by atoms with E-state index in [1.807, 2.05) is 24.3 Å². The van der Waals surface area contributed by atoms with Crippen molar-refractivity contribution >= 4 is 66.9 Å². The van der Waals surface area contributed by atoms with Gasteiger partial charge < -0.3 is 15.0 Å². The molecule has 0 saturated carbocycles. The Hall–Kier alpha value is -3.25. The zero-order chi connectivity index (χ0) is 23.8. The molecule has 10 nitrogen and oxygen atoms in total. The molecule has 0 unspecified atom stereocenters. The number of rotatable bonds is 8. The molecule has 0 aliphatic carbocycles. The van der Waals surface area contributed by atoms with Crippen molar-refractivity contribution in [1.82, 2.24) is 15.3 Å². The maximum atomic E-state index is 12.1. The van der Waals surface area contributed by atoms with Crippen LogP contribution in [0.1, 0.15) is 12.6 Å². The summed E-state index contributed by atoms with van der Waals surface area (Å²) in [7, 11) is 1.25. The van der Waals surface area contributed by atoms with Crippen molar-refractivity contribution in [3.63, 3.8) is 0 Å². The van der Waals surface area contributed by atoms with Crippen LogP contribution in [0.2, 0.25) is 0 Å². The van der Waals surface area contributed by atoms with Gasteiger partial charge in [0.2, 0.25) is 11.9 Å². The summed E-state index contributed by atoms with van der Waals surface area (Å²) in [6.45, 7) is 1.31. The van der Waals surface area contributed by atoms with Gasteiger partial charge in [-0.2, -0.15) is 4.98 Å². The lowest BCUT2D eigenvalue weighted by Crippen LogP contribution is -2.42. The van der Waals surface area contributed by atoms with Crippen LogP contribution in [-0.4, -0.2) is 35.0 Å². The van der Waals surface area contributed by atoms with E-state index in [1.54, 1.807) is 24.3 Å². The van der Waals surface area contributed by atoms with E-state index in [4.69, 9.17) is 4.74 Å². The fraction of sp³-hybridized carbons (Fsp3) is 0.190. The zero-order valence-electron chi connectivity index (χ0n) is 17.6. The van der Waals surface area contributed by atoms with Crippen LogP contribution in [0, 0.1) is 0 Å². The van der Waals surface area contributed by atoms with Gasteiger partial charge in [-0.1, -0.05) is 31.9 Å². The number of hydrogen-bond donors (Lipinski definition) is 2. The number of aromatic nitrogens is 2. The van der Waals surface area contributed by atoms with E-state index in [-0.39, 0.29) is 24.1 Å². The molecule has 3 aromatic rings. The van der Waals surface area contributed by atoms with Crippen molar-refractivity contribution < 1.29 is 14.3 Å². The molecule has 0 aliphatic rings. The number of ether oxygens (including phenoxy) is 1. The SMILES string of the molecule is COC(=O)[C@H](Cc1[nH]c(N=Nc2ccc(Br)cc2)nc1N=Nc1ccc(Br)cc1)NC(C)=O. The number of esters is 1. The number of methoxy groups -OCH3 is 1. The number of benzene rings is 2. The smallest absolute Gasteiger partial charge is 0.328 e. The molecular weight excluding hydrogens is 558 g/mol. The van der Waals surface area contributed by atoms with Gasteiger partial charge in [-0.3, -0.25) is 4.79 Å². The molecule has 0 radical (unpaired) electrons. The zero-order valence-corrected chi connectivity index (χ0v) is 20.8. The summed E-state index contributed by atoms with van der Waals surface area (Å²) in [6.07, 6.45) is 0.0434. The first kappa shape index (κ1) is 24.4. The summed E-state index contributed by atoms with van der Waals surface area (Å²) in [5.74, 6) is -0.599. The fourth-order valence-corrected chi connectivity index (χ4v) is 3.20. The molecule has 1 atom stereocenters. The minimum atomic E-state index is -0.939. The molecule has 33 heavy (non-hydrogen) atoms. The number of hydrogen-bond acceptors (Lipinski definition) is 8. The molecule has 1 amide bonds. The first-order valence-corrected chi connectivity index (χ1v) is 11.2. The molecule has 1 heterocycles. The van der Waals surface area contributed by atoms with Crippen LogP contribution in [0.3, 0.4) is 0 Å². The molecule has 12 heteroatoms. The van der Waals surface area contributed by atoms with Gasteiger partial charge in [-0.05, 0) is 48.5 Å². The second-order valence-corrected chi connectivity index (χ2v) is 8.53. The molecule has 0 saturated heterocycles. The van der Waals surface area contributed by atoms with Crippen LogP contribution < -0.4 is 5.32 Å². The maximum absolute atomic E-state index is 12.1. The first-order valence-electron chi connectivity index (χ1n) is 9.62. The Kier molecular flexibility index (Phi) is 8.55. The average molecular weight is 577 g/mol. The highest BCUT2D eigenvalue weighted by Crippen LogP contribution is 2.27. The maximum Gasteiger partial charge on any atom is 0.328 e. The second-order valence-electron chi connectivity index (χ2n) is 6.70. The van der Waals surface area contributed by atoms with E-state index >= 15 is 0 Å². The Morgan fingerprint density at radius 1 is 0.970 bits per heavy atom. The monoisotopic (exact) mass is 575 g/mol. The normalized spacial score (nSPS) is 12.2. The highest BCUT2D eigenvalue weighted by molar-refractivity contribution is 9.10. The van der Waals surface area contributed by atoms with Gasteiger partial charge in [0.25, 0.3) is 0 Å². The predicted octanol–water partition coefficient (Wildman–Crippen LogP) is 5.99. The van der Waals surface area contributed by atoms with Gasteiger partial charge in [0.15, 0.2) is 5.82 Å². The van der Waals surface area contributed by atoms with E-state index in [9.17, 15) is 9.59 Å². The Morgan fingerprint density at radius 2 is 1.52 bits per heavy atom. The number of nitrogens with zero attached hydrogens (tertiary/aromatic N) is 5. The molecule has 2 aromatic carbocycles. The highest BCUT2D eigenvalue weighted by Gasteiger charge is 2.24. The third-order valence-electron chi connectivity index (χ3n) is 4.19. The first-order chi connectivity index (χ1) is 15.8. The summed E-state index contributed by atoms with van der Waals surface area (Å²) < 4.78 is 6.63. The number of imidazole rings is 1. The van der Waals surface area contributed by atoms with Crippen LogP contribution in [-0.2, 0) is 20.7 Å². The number of aromatic amines is 1. The molecule has 0 spiro atoms. The van der Waals surface area contributed by atoms with E-state index in [2.05, 4.69) is 67.6 Å². The van der Waals surface area contributed by atoms with Crippen molar-refractivity contribution in [2.24, 2.45) is 20.5 Å². The Morgan fingerprint density at radius 3 is 2.03 bits per heavy atom.